The topological polar surface area (TPSA) is 77.5 Å². The molecular formula is C18H23ClN2O3. The molecule has 0 spiro atoms. The van der Waals surface area contributed by atoms with E-state index in [1.54, 1.807) is 6.07 Å². The van der Waals surface area contributed by atoms with Crippen LogP contribution >= 0.6 is 12.4 Å². The SMILES string of the molecule is Cc1ccc(C2OCCCC2NC(=O)c2coc(CN)c2)cc1.Cl. The quantitative estimate of drug-likeness (QED) is 0.888. The number of rotatable bonds is 4. The van der Waals surface area contributed by atoms with Crippen molar-refractivity contribution in [2.24, 2.45) is 5.73 Å². The van der Waals surface area contributed by atoms with Crippen LogP contribution in [0.3, 0.4) is 0 Å². The molecule has 1 aliphatic heterocycles. The first kappa shape index (κ1) is 18.5. The molecule has 0 aliphatic carbocycles. The second-order valence-corrected chi connectivity index (χ2v) is 5.93. The van der Waals surface area contributed by atoms with Crippen molar-refractivity contribution in [3.05, 3.63) is 59.0 Å². The highest BCUT2D eigenvalue weighted by Gasteiger charge is 2.29. The molecule has 130 valence electrons. The van der Waals surface area contributed by atoms with E-state index < -0.39 is 0 Å². The third kappa shape index (κ3) is 4.17. The summed E-state index contributed by atoms with van der Waals surface area (Å²) in [4.78, 5) is 12.4. The van der Waals surface area contributed by atoms with Crippen LogP contribution in [0.4, 0.5) is 0 Å². The molecule has 0 bridgehead atoms. The average molecular weight is 351 g/mol. The van der Waals surface area contributed by atoms with Gasteiger partial charge >= 0.3 is 0 Å². The number of halogens is 1. The molecule has 2 heterocycles. The second-order valence-electron chi connectivity index (χ2n) is 5.93. The van der Waals surface area contributed by atoms with Crippen LogP contribution in [0.5, 0.6) is 0 Å². The minimum atomic E-state index is -0.152. The normalized spacial score (nSPS) is 20.2. The fraction of sp³-hybridized carbons (Fsp3) is 0.389. The largest absolute Gasteiger partial charge is 0.467 e. The molecule has 6 heteroatoms. The Morgan fingerprint density at radius 2 is 2.08 bits per heavy atom. The zero-order chi connectivity index (χ0) is 16.2. The van der Waals surface area contributed by atoms with Crippen LogP contribution < -0.4 is 11.1 Å². The number of ether oxygens (including phenoxy) is 1. The highest BCUT2D eigenvalue weighted by Crippen LogP contribution is 2.29. The lowest BCUT2D eigenvalue weighted by Crippen LogP contribution is -2.42. The fourth-order valence-electron chi connectivity index (χ4n) is 2.87. The molecule has 0 radical (unpaired) electrons. The number of nitrogens with one attached hydrogen (secondary N) is 1. The van der Waals surface area contributed by atoms with Gasteiger partial charge in [0.1, 0.15) is 18.1 Å². The van der Waals surface area contributed by atoms with E-state index in [0.717, 1.165) is 18.4 Å². The zero-order valence-electron chi connectivity index (χ0n) is 13.7. The predicted octanol–water partition coefficient (Wildman–Crippen LogP) is 3.12. The van der Waals surface area contributed by atoms with E-state index in [4.69, 9.17) is 14.9 Å². The van der Waals surface area contributed by atoms with Gasteiger partial charge in [-0.25, -0.2) is 0 Å². The number of furan rings is 1. The molecule has 1 aliphatic rings. The number of hydrogen-bond acceptors (Lipinski definition) is 4. The van der Waals surface area contributed by atoms with E-state index in [2.05, 4.69) is 36.5 Å². The molecular weight excluding hydrogens is 328 g/mol. The predicted molar refractivity (Wildman–Crippen MR) is 94.2 cm³/mol. The first-order chi connectivity index (χ1) is 11.2. The van der Waals surface area contributed by atoms with Gasteiger partial charge in [-0.1, -0.05) is 29.8 Å². The molecule has 0 saturated carbocycles. The van der Waals surface area contributed by atoms with Crippen LogP contribution in [0.25, 0.3) is 0 Å². The van der Waals surface area contributed by atoms with Gasteiger partial charge in [0.2, 0.25) is 0 Å². The number of hydrogen-bond donors (Lipinski definition) is 2. The number of aryl methyl sites for hydroxylation is 1. The average Bonchev–Trinajstić information content (AvgIpc) is 3.05. The van der Waals surface area contributed by atoms with Crippen molar-refractivity contribution in [1.82, 2.24) is 5.32 Å². The van der Waals surface area contributed by atoms with Crippen molar-refractivity contribution in [3.63, 3.8) is 0 Å². The lowest BCUT2D eigenvalue weighted by atomic mass is 9.95. The minimum absolute atomic E-state index is 0. The first-order valence-electron chi connectivity index (χ1n) is 7.94. The van der Waals surface area contributed by atoms with E-state index in [0.29, 0.717) is 17.9 Å². The van der Waals surface area contributed by atoms with Gasteiger partial charge in [-0.3, -0.25) is 4.79 Å². The van der Waals surface area contributed by atoms with Gasteiger partial charge in [-0.2, -0.15) is 0 Å². The summed E-state index contributed by atoms with van der Waals surface area (Å²) in [5, 5.41) is 3.07. The number of amides is 1. The van der Waals surface area contributed by atoms with E-state index in [1.165, 1.54) is 11.8 Å². The molecule has 1 aromatic carbocycles. The Labute approximate surface area is 148 Å². The summed E-state index contributed by atoms with van der Waals surface area (Å²) in [5.74, 6) is 0.450. The Morgan fingerprint density at radius 3 is 2.75 bits per heavy atom. The summed E-state index contributed by atoms with van der Waals surface area (Å²) in [6, 6.07) is 9.89. The van der Waals surface area contributed by atoms with Gasteiger partial charge in [-0.15, -0.1) is 12.4 Å². The molecule has 1 saturated heterocycles. The number of benzene rings is 1. The van der Waals surface area contributed by atoms with Crippen molar-refractivity contribution in [3.8, 4) is 0 Å². The van der Waals surface area contributed by atoms with Gasteiger partial charge in [0, 0.05) is 6.61 Å². The Kier molecular flexibility index (Phi) is 6.43. The van der Waals surface area contributed by atoms with Crippen LogP contribution in [0, 0.1) is 6.92 Å². The highest BCUT2D eigenvalue weighted by molar-refractivity contribution is 5.94. The molecule has 3 rings (SSSR count). The number of carbonyl (C=O) groups is 1. The monoisotopic (exact) mass is 350 g/mol. The van der Waals surface area contributed by atoms with Crippen molar-refractivity contribution in [2.75, 3.05) is 6.61 Å². The van der Waals surface area contributed by atoms with E-state index in [9.17, 15) is 4.79 Å². The molecule has 1 aromatic heterocycles. The fourth-order valence-corrected chi connectivity index (χ4v) is 2.87. The summed E-state index contributed by atoms with van der Waals surface area (Å²) in [6.07, 6.45) is 3.16. The molecule has 2 atom stereocenters. The maximum absolute atomic E-state index is 12.4. The van der Waals surface area contributed by atoms with Gasteiger partial charge in [0.15, 0.2) is 0 Å². The van der Waals surface area contributed by atoms with E-state index >= 15 is 0 Å². The van der Waals surface area contributed by atoms with Crippen molar-refractivity contribution < 1.29 is 13.9 Å². The minimum Gasteiger partial charge on any atom is -0.467 e. The first-order valence-corrected chi connectivity index (χ1v) is 7.94. The zero-order valence-corrected chi connectivity index (χ0v) is 14.5. The van der Waals surface area contributed by atoms with Crippen molar-refractivity contribution in [1.29, 1.82) is 0 Å². The highest BCUT2D eigenvalue weighted by atomic mass is 35.5. The van der Waals surface area contributed by atoms with Crippen molar-refractivity contribution in [2.45, 2.75) is 38.5 Å². The summed E-state index contributed by atoms with van der Waals surface area (Å²) in [7, 11) is 0. The third-order valence-electron chi connectivity index (χ3n) is 4.16. The summed E-state index contributed by atoms with van der Waals surface area (Å²) < 4.78 is 11.2. The smallest absolute Gasteiger partial charge is 0.254 e. The molecule has 3 N–H and O–H groups in total. The number of nitrogens with two attached hydrogens (primary N) is 1. The third-order valence-corrected chi connectivity index (χ3v) is 4.16. The summed E-state index contributed by atoms with van der Waals surface area (Å²) >= 11 is 0. The summed E-state index contributed by atoms with van der Waals surface area (Å²) in [6.45, 7) is 3.05. The Hall–Kier alpha value is -1.82. The number of carbonyl (C=O) groups excluding carboxylic acids is 1. The Bertz CT molecular complexity index is 669. The molecule has 1 amide bonds. The van der Waals surface area contributed by atoms with Crippen LogP contribution in [-0.4, -0.2) is 18.6 Å². The summed E-state index contributed by atoms with van der Waals surface area (Å²) in [5.41, 5.74) is 8.31. The van der Waals surface area contributed by atoms with Gasteiger partial charge < -0.3 is 20.2 Å². The maximum atomic E-state index is 12.4. The van der Waals surface area contributed by atoms with Crippen LogP contribution in [0.15, 0.2) is 41.0 Å². The second kappa shape index (κ2) is 8.33. The van der Waals surface area contributed by atoms with Crippen LogP contribution in [0.1, 0.15) is 46.2 Å². The van der Waals surface area contributed by atoms with Crippen LogP contribution in [0.2, 0.25) is 0 Å². The molecule has 2 unspecified atom stereocenters. The van der Waals surface area contributed by atoms with E-state index in [1.807, 2.05) is 0 Å². The van der Waals surface area contributed by atoms with Crippen LogP contribution in [-0.2, 0) is 11.3 Å². The standard InChI is InChI=1S/C18H22N2O3.ClH/c1-12-4-6-13(7-5-12)17-16(3-2-8-22-17)20-18(21)14-9-15(10-19)23-11-14;/h4-7,9,11,16-17H,2-3,8,10,19H2,1H3,(H,20,21);1H. The van der Waals surface area contributed by atoms with E-state index in [-0.39, 0.29) is 37.0 Å². The lowest BCUT2D eigenvalue weighted by molar-refractivity contribution is -0.00947. The maximum Gasteiger partial charge on any atom is 0.254 e. The molecule has 5 nitrogen and oxygen atoms in total. The van der Waals surface area contributed by atoms with Crippen molar-refractivity contribution >= 4 is 18.3 Å². The Balaban J connectivity index is 0.00000208. The van der Waals surface area contributed by atoms with Gasteiger partial charge in [-0.05, 0) is 31.4 Å². The molecule has 24 heavy (non-hydrogen) atoms. The molecule has 2 aromatic rings. The Morgan fingerprint density at radius 1 is 1.33 bits per heavy atom. The lowest BCUT2D eigenvalue weighted by Gasteiger charge is -2.32. The molecule has 1 fully saturated rings. The van der Waals surface area contributed by atoms with Gasteiger partial charge in [0.05, 0.1) is 18.2 Å². The van der Waals surface area contributed by atoms with Gasteiger partial charge in [0.25, 0.3) is 5.91 Å².